The average molecular weight is 275 g/mol. The van der Waals surface area contributed by atoms with Crippen molar-refractivity contribution in [2.24, 2.45) is 0 Å². The third-order valence-corrected chi connectivity index (χ3v) is 3.58. The van der Waals surface area contributed by atoms with Crippen LogP contribution in [0.25, 0.3) is 0 Å². The number of thiophene rings is 2. The van der Waals surface area contributed by atoms with Crippen LogP contribution in [0.5, 0.6) is 0 Å². The van der Waals surface area contributed by atoms with Crippen molar-refractivity contribution in [1.82, 2.24) is 0 Å². The maximum absolute atomic E-state index is 3.34. The molecule has 0 N–H and O–H groups in total. The number of hydrogen-bond donors (Lipinski definition) is 0. The lowest BCUT2D eigenvalue weighted by Crippen LogP contribution is -1.61. The fourth-order valence-electron chi connectivity index (χ4n) is 0.701. The molecule has 2 heterocycles. The van der Waals surface area contributed by atoms with Crippen molar-refractivity contribution in [3.8, 4) is 0 Å². The third-order valence-electron chi connectivity index (χ3n) is 1.40. The second-order valence-electron chi connectivity index (χ2n) is 2.57. The summed E-state index contributed by atoms with van der Waals surface area (Å²) in [6.07, 6.45) is 0. The molecule has 0 aliphatic carbocycles. The van der Waals surface area contributed by atoms with Gasteiger partial charge in [0.2, 0.25) is 0 Å². The van der Waals surface area contributed by atoms with Crippen molar-refractivity contribution in [3.05, 3.63) is 44.8 Å². The van der Waals surface area contributed by atoms with Gasteiger partial charge in [-0.3, -0.25) is 0 Å². The van der Waals surface area contributed by atoms with Crippen molar-refractivity contribution >= 4 is 38.6 Å². The van der Waals surface area contributed by atoms with Gasteiger partial charge in [0.05, 0.1) is 0 Å². The molecule has 13 heavy (non-hydrogen) atoms. The van der Waals surface area contributed by atoms with Crippen LogP contribution in [0.2, 0.25) is 0 Å². The maximum atomic E-state index is 3.34. The molecule has 0 aliphatic heterocycles. The molecule has 0 radical (unpaired) electrons. The Morgan fingerprint density at radius 3 is 2.08 bits per heavy atom. The van der Waals surface area contributed by atoms with Crippen LogP contribution in [-0.2, 0) is 5.33 Å². The van der Waals surface area contributed by atoms with Gasteiger partial charge in [-0.15, -0.1) is 0 Å². The Morgan fingerprint density at radius 2 is 1.85 bits per heavy atom. The molecule has 0 saturated heterocycles. The van der Waals surface area contributed by atoms with Crippen LogP contribution in [0, 0.1) is 6.92 Å². The highest BCUT2D eigenvalue weighted by molar-refractivity contribution is 9.08. The Hall–Kier alpha value is -0.120. The summed E-state index contributed by atoms with van der Waals surface area (Å²) in [5.74, 6) is 0. The van der Waals surface area contributed by atoms with Crippen molar-refractivity contribution in [1.29, 1.82) is 0 Å². The van der Waals surface area contributed by atoms with Crippen LogP contribution < -0.4 is 0 Å². The van der Waals surface area contributed by atoms with Gasteiger partial charge in [0, 0.05) is 5.33 Å². The lowest BCUT2D eigenvalue weighted by atomic mass is 10.4. The highest BCUT2D eigenvalue weighted by Crippen LogP contribution is 2.08. The molecule has 2 aromatic rings. The van der Waals surface area contributed by atoms with Crippen molar-refractivity contribution in [3.63, 3.8) is 0 Å². The van der Waals surface area contributed by atoms with E-state index in [4.69, 9.17) is 0 Å². The molecular weight excluding hydrogens is 264 g/mol. The lowest BCUT2D eigenvalue weighted by molar-refractivity contribution is 1.51. The first-order valence-corrected chi connectivity index (χ1v) is 6.89. The van der Waals surface area contributed by atoms with E-state index in [0.717, 1.165) is 5.33 Å². The summed E-state index contributed by atoms with van der Waals surface area (Å²) in [4.78, 5) is 0. The minimum absolute atomic E-state index is 0.983. The van der Waals surface area contributed by atoms with Crippen LogP contribution in [0.3, 0.4) is 0 Å². The third kappa shape index (κ3) is 4.60. The molecule has 0 fully saturated rings. The molecule has 0 unspecified atom stereocenters. The second-order valence-corrected chi connectivity index (χ2v) is 4.69. The maximum Gasteiger partial charge on any atom is 0.0291 e. The number of aryl methyl sites for hydroxylation is 1. The van der Waals surface area contributed by atoms with Gasteiger partial charge >= 0.3 is 0 Å². The van der Waals surface area contributed by atoms with Crippen LogP contribution in [0.4, 0.5) is 0 Å². The topological polar surface area (TPSA) is 0 Å². The predicted octanol–water partition coefficient (Wildman–Crippen LogP) is 4.70. The van der Waals surface area contributed by atoms with E-state index >= 15 is 0 Å². The molecule has 2 aromatic heterocycles. The van der Waals surface area contributed by atoms with Crippen molar-refractivity contribution in [2.45, 2.75) is 12.3 Å². The summed E-state index contributed by atoms with van der Waals surface area (Å²) < 4.78 is 0. The van der Waals surface area contributed by atoms with E-state index in [0.29, 0.717) is 0 Å². The summed E-state index contributed by atoms with van der Waals surface area (Å²) >= 11 is 6.82. The zero-order chi connectivity index (χ0) is 9.52. The SMILES string of the molecule is BrCc1ccsc1.Cc1ccsc1. The Bertz CT molecular complexity index is 298. The number of halogens is 1. The second kappa shape index (κ2) is 6.35. The van der Waals surface area contributed by atoms with Crippen molar-refractivity contribution < 1.29 is 0 Å². The molecule has 0 atom stereocenters. The van der Waals surface area contributed by atoms with E-state index in [-0.39, 0.29) is 0 Å². The molecule has 0 spiro atoms. The fraction of sp³-hybridized carbons (Fsp3) is 0.200. The van der Waals surface area contributed by atoms with E-state index in [2.05, 4.69) is 56.5 Å². The minimum atomic E-state index is 0.983. The fourth-order valence-corrected chi connectivity index (χ4v) is 2.60. The Kier molecular flexibility index (Phi) is 5.35. The van der Waals surface area contributed by atoms with Gasteiger partial charge in [-0.2, -0.15) is 22.7 Å². The molecule has 2 rings (SSSR count). The Labute approximate surface area is 95.4 Å². The zero-order valence-corrected chi connectivity index (χ0v) is 10.6. The molecule has 3 heteroatoms. The molecule has 70 valence electrons. The molecule has 0 bridgehead atoms. The van der Waals surface area contributed by atoms with E-state index in [9.17, 15) is 0 Å². The highest BCUT2D eigenvalue weighted by Gasteiger charge is 1.83. The summed E-state index contributed by atoms with van der Waals surface area (Å²) in [5.41, 5.74) is 2.73. The monoisotopic (exact) mass is 274 g/mol. The standard InChI is InChI=1S/C5H5BrS.C5H6S/c6-3-5-1-2-7-4-5;1-5-2-3-6-4-5/h1-2,4H,3H2;2-4H,1H3. The van der Waals surface area contributed by atoms with Gasteiger partial charge in [-0.05, 0) is 51.7 Å². The molecule has 0 saturated carbocycles. The molecular formula is C10H11BrS2. The highest BCUT2D eigenvalue weighted by atomic mass is 79.9. The average Bonchev–Trinajstić information content (AvgIpc) is 2.76. The van der Waals surface area contributed by atoms with Gasteiger partial charge in [0.25, 0.3) is 0 Å². The smallest absolute Gasteiger partial charge is 0.0291 e. The molecule has 0 aliphatic rings. The summed E-state index contributed by atoms with van der Waals surface area (Å²) in [6, 6.07) is 4.21. The van der Waals surface area contributed by atoms with E-state index < -0.39 is 0 Å². The van der Waals surface area contributed by atoms with E-state index in [1.165, 1.54) is 11.1 Å². The van der Waals surface area contributed by atoms with Gasteiger partial charge in [-0.25, -0.2) is 0 Å². The van der Waals surface area contributed by atoms with Crippen LogP contribution >= 0.6 is 38.6 Å². The summed E-state index contributed by atoms with van der Waals surface area (Å²) in [7, 11) is 0. The minimum Gasteiger partial charge on any atom is -0.152 e. The summed E-state index contributed by atoms with van der Waals surface area (Å²) in [5, 5.41) is 9.40. The molecule has 0 amide bonds. The lowest BCUT2D eigenvalue weighted by Gasteiger charge is -1.77. The van der Waals surface area contributed by atoms with E-state index in [1.54, 1.807) is 22.7 Å². The van der Waals surface area contributed by atoms with Gasteiger partial charge < -0.3 is 0 Å². The summed E-state index contributed by atoms with van der Waals surface area (Å²) in [6.45, 7) is 2.09. The predicted molar refractivity (Wildman–Crippen MR) is 66.0 cm³/mol. The Balaban J connectivity index is 0.000000132. The van der Waals surface area contributed by atoms with Crippen LogP contribution in [0.1, 0.15) is 11.1 Å². The zero-order valence-electron chi connectivity index (χ0n) is 7.37. The quantitative estimate of drug-likeness (QED) is 0.662. The number of alkyl halides is 1. The van der Waals surface area contributed by atoms with Crippen molar-refractivity contribution in [2.75, 3.05) is 0 Å². The first-order chi connectivity index (χ1) is 6.33. The normalized spacial score (nSPS) is 9.08. The largest absolute Gasteiger partial charge is 0.152 e. The van der Waals surface area contributed by atoms with Gasteiger partial charge in [0.1, 0.15) is 0 Å². The first kappa shape index (κ1) is 11.0. The first-order valence-electron chi connectivity index (χ1n) is 3.88. The number of hydrogen-bond acceptors (Lipinski definition) is 2. The number of rotatable bonds is 1. The van der Waals surface area contributed by atoms with Crippen LogP contribution in [-0.4, -0.2) is 0 Å². The molecule has 0 nitrogen and oxygen atoms in total. The van der Waals surface area contributed by atoms with Gasteiger partial charge in [-0.1, -0.05) is 15.9 Å². The Morgan fingerprint density at radius 1 is 1.15 bits per heavy atom. The van der Waals surface area contributed by atoms with E-state index in [1.807, 2.05) is 0 Å². The van der Waals surface area contributed by atoms with Gasteiger partial charge in [0.15, 0.2) is 0 Å². The molecule has 0 aromatic carbocycles. The van der Waals surface area contributed by atoms with Crippen LogP contribution in [0.15, 0.2) is 33.7 Å².